The molecule has 164 valence electrons. The van der Waals surface area contributed by atoms with Gasteiger partial charge in [0.1, 0.15) is 6.61 Å². The third kappa shape index (κ3) is 5.95. The van der Waals surface area contributed by atoms with Crippen LogP contribution in [0.1, 0.15) is 31.8 Å². The zero-order valence-electron chi connectivity index (χ0n) is 17.8. The first-order chi connectivity index (χ1) is 15.3. The van der Waals surface area contributed by atoms with Crippen LogP contribution in [0.5, 0.6) is 11.5 Å². The summed E-state index contributed by atoms with van der Waals surface area (Å²) < 4.78 is 10.5. The fourth-order valence-corrected chi connectivity index (χ4v) is 2.83. The van der Waals surface area contributed by atoms with Crippen LogP contribution in [-0.2, 0) is 11.3 Å². The SMILES string of the molecule is Cc1ccc(C(=O)Oc2cc(COC(=O)N(C)CC(=O)c3ccccc3)ccc2O)cc1. The number of carbonyl (C=O) groups is 3. The van der Waals surface area contributed by atoms with E-state index in [1.807, 2.05) is 6.92 Å². The first kappa shape index (κ1) is 22.6. The molecule has 0 heterocycles. The van der Waals surface area contributed by atoms with Crippen LogP contribution < -0.4 is 4.74 Å². The molecule has 0 aliphatic carbocycles. The van der Waals surface area contributed by atoms with Crippen molar-refractivity contribution < 1.29 is 29.0 Å². The molecule has 1 amide bonds. The number of ketones is 1. The van der Waals surface area contributed by atoms with Crippen molar-refractivity contribution in [1.82, 2.24) is 4.90 Å². The van der Waals surface area contributed by atoms with Crippen molar-refractivity contribution >= 4 is 17.8 Å². The van der Waals surface area contributed by atoms with Gasteiger partial charge in [-0.25, -0.2) is 9.59 Å². The molecule has 7 heteroatoms. The Morgan fingerprint density at radius 1 is 0.906 bits per heavy atom. The van der Waals surface area contributed by atoms with Gasteiger partial charge in [0.05, 0.1) is 12.1 Å². The topological polar surface area (TPSA) is 93.1 Å². The van der Waals surface area contributed by atoms with Gasteiger partial charge in [-0.15, -0.1) is 0 Å². The Hall–Kier alpha value is -4.13. The Morgan fingerprint density at radius 2 is 1.59 bits per heavy atom. The number of carbonyl (C=O) groups excluding carboxylic acids is 3. The Kier molecular flexibility index (Phi) is 7.23. The molecule has 3 aromatic rings. The van der Waals surface area contributed by atoms with Crippen molar-refractivity contribution in [2.24, 2.45) is 0 Å². The molecule has 0 saturated heterocycles. The largest absolute Gasteiger partial charge is 0.504 e. The van der Waals surface area contributed by atoms with E-state index >= 15 is 0 Å². The van der Waals surface area contributed by atoms with Crippen LogP contribution in [0.2, 0.25) is 0 Å². The number of aromatic hydroxyl groups is 1. The fraction of sp³-hybridized carbons (Fsp3) is 0.160. The summed E-state index contributed by atoms with van der Waals surface area (Å²) in [4.78, 5) is 38.0. The number of hydrogen-bond donors (Lipinski definition) is 1. The highest BCUT2D eigenvalue weighted by Crippen LogP contribution is 2.28. The van der Waals surface area contributed by atoms with Crippen LogP contribution in [0.3, 0.4) is 0 Å². The molecule has 3 rings (SSSR count). The highest BCUT2D eigenvalue weighted by atomic mass is 16.6. The number of phenolic OH excluding ortho intramolecular Hbond substituents is 1. The van der Waals surface area contributed by atoms with Gasteiger partial charge in [0.15, 0.2) is 17.3 Å². The Morgan fingerprint density at radius 3 is 2.28 bits per heavy atom. The van der Waals surface area contributed by atoms with Crippen molar-refractivity contribution in [3.8, 4) is 11.5 Å². The number of phenols is 1. The average molecular weight is 433 g/mol. The van der Waals surface area contributed by atoms with Gasteiger partial charge >= 0.3 is 12.1 Å². The average Bonchev–Trinajstić information content (AvgIpc) is 2.80. The molecule has 0 fully saturated rings. The van der Waals surface area contributed by atoms with E-state index in [2.05, 4.69) is 0 Å². The van der Waals surface area contributed by atoms with E-state index in [0.717, 1.165) is 5.56 Å². The maximum atomic E-state index is 12.3. The van der Waals surface area contributed by atoms with Gasteiger partial charge in [-0.05, 0) is 36.8 Å². The maximum absolute atomic E-state index is 12.3. The van der Waals surface area contributed by atoms with Gasteiger partial charge in [-0.2, -0.15) is 0 Å². The van der Waals surface area contributed by atoms with E-state index in [0.29, 0.717) is 16.7 Å². The molecular formula is C25H23NO6. The fourth-order valence-electron chi connectivity index (χ4n) is 2.83. The van der Waals surface area contributed by atoms with E-state index in [-0.39, 0.29) is 30.4 Å². The molecule has 32 heavy (non-hydrogen) atoms. The number of amides is 1. The van der Waals surface area contributed by atoms with Gasteiger partial charge < -0.3 is 19.5 Å². The zero-order valence-corrected chi connectivity index (χ0v) is 17.8. The molecule has 0 radical (unpaired) electrons. The lowest BCUT2D eigenvalue weighted by Gasteiger charge is -2.16. The molecule has 0 spiro atoms. The minimum atomic E-state index is -0.680. The summed E-state index contributed by atoms with van der Waals surface area (Å²) in [6.45, 7) is 1.65. The molecule has 0 atom stereocenters. The second kappa shape index (κ2) is 10.3. The minimum Gasteiger partial charge on any atom is -0.504 e. The number of Topliss-reactive ketones (excluding diaryl/α,β-unsaturated/α-hetero) is 1. The quantitative estimate of drug-likeness (QED) is 0.338. The number of ether oxygens (including phenoxy) is 2. The predicted molar refractivity (Wildman–Crippen MR) is 118 cm³/mol. The number of nitrogens with zero attached hydrogens (tertiary/aromatic N) is 1. The van der Waals surface area contributed by atoms with Crippen LogP contribution >= 0.6 is 0 Å². The smallest absolute Gasteiger partial charge is 0.410 e. The van der Waals surface area contributed by atoms with Crippen LogP contribution in [-0.4, -0.2) is 41.4 Å². The second-order valence-electron chi connectivity index (χ2n) is 7.26. The van der Waals surface area contributed by atoms with Gasteiger partial charge in [-0.3, -0.25) is 4.79 Å². The lowest BCUT2D eigenvalue weighted by Crippen LogP contribution is -2.32. The number of rotatable bonds is 7. The molecule has 3 aromatic carbocycles. The molecule has 0 aliphatic heterocycles. The third-order valence-corrected chi connectivity index (χ3v) is 4.66. The number of likely N-dealkylation sites (N-methyl/N-ethyl adjacent to an activating group) is 1. The van der Waals surface area contributed by atoms with Crippen molar-refractivity contribution in [3.63, 3.8) is 0 Å². The standard InChI is InChI=1S/C25H23NO6/c1-17-8-11-20(12-9-17)24(29)32-23-14-18(10-13-21(23)27)16-31-25(30)26(2)15-22(28)19-6-4-3-5-7-19/h3-14,27H,15-16H2,1-2H3. The number of esters is 1. The van der Waals surface area contributed by atoms with Crippen molar-refractivity contribution in [3.05, 3.63) is 95.1 Å². The van der Waals surface area contributed by atoms with Gasteiger partial charge in [0, 0.05) is 12.6 Å². The first-order valence-corrected chi connectivity index (χ1v) is 9.90. The maximum Gasteiger partial charge on any atom is 0.410 e. The van der Waals surface area contributed by atoms with E-state index in [1.165, 1.54) is 24.1 Å². The molecule has 0 bridgehead atoms. The summed E-state index contributed by atoms with van der Waals surface area (Å²) in [6, 6.07) is 19.8. The van der Waals surface area contributed by atoms with E-state index in [4.69, 9.17) is 9.47 Å². The van der Waals surface area contributed by atoms with E-state index < -0.39 is 12.1 Å². The molecule has 0 saturated carbocycles. The lowest BCUT2D eigenvalue weighted by atomic mass is 10.1. The molecule has 1 N–H and O–H groups in total. The van der Waals surface area contributed by atoms with Crippen LogP contribution in [0.15, 0.2) is 72.8 Å². The van der Waals surface area contributed by atoms with Crippen LogP contribution in [0.25, 0.3) is 0 Å². The van der Waals surface area contributed by atoms with Crippen LogP contribution in [0.4, 0.5) is 4.79 Å². The summed E-state index contributed by atoms with van der Waals surface area (Å²) in [5, 5.41) is 10.0. The molecule has 7 nitrogen and oxygen atoms in total. The number of hydrogen-bond acceptors (Lipinski definition) is 6. The summed E-state index contributed by atoms with van der Waals surface area (Å²) in [6.07, 6.45) is -0.680. The van der Waals surface area contributed by atoms with E-state index in [9.17, 15) is 19.5 Å². The normalized spacial score (nSPS) is 10.3. The third-order valence-electron chi connectivity index (χ3n) is 4.66. The van der Waals surface area contributed by atoms with E-state index in [1.54, 1.807) is 60.7 Å². The van der Waals surface area contributed by atoms with Gasteiger partial charge in [0.2, 0.25) is 0 Å². The summed E-state index contributed by atoms with van der Waals surface area (Å²) in [5.41, 5.74) is 2.36. The molecule has 0 aromatic heterocycles. The number of aryl methyl sites for hydroxylation is 1. The van der Waals surface area contributed by atoms with Gasteiger partial charge in [0.25, 0.3) is 0 Å². The first-order valence-electron chi connectivity index (χ1n) is 9.90. The zero-order chi connectivity index (χ0) is 23.1. The summed E-state index contributed by atoms with van der Waals surface area (Å²) in [5.74, 6) is -1.09. The minimum absolute atomic E-state index is 0.0447. The Bertz CT molecular complexity index is 1110. The molecule has 0 aliphatic rings. The summed E-state index contributed by atoms with van der Waals surface area (Å²) in [7, 11) is 1.47. The molecule has 0 unspecified atom stereocenters. The number of benzene rings is 3. The second-order valence-corrected chi connectivity index (χ2v) is 7.26. The monoisotopic (exact) mass is 433 g/mol. The van der Waals surface area contributed by atoms with Crippen molar-refractivity contribution in [1.29, 1.82) is 0 Å². The Balaban J connectivity index is 1.58. The molecular weight excluding hydrogens is 410 g/mol. The summed E-state index contributed by atoms with van der Waals surface area (Å²) >= 11 is 0. The lowest BCUT2D eigenvalue weighted by molar-refractivity contribution is 0.0728. The predicted octanol–water partition coefficient (Wildman–Crippen LogP) is 4.37. The van der Waals surface area contributed by atoms with Crippen LogP contribution in [0, 0.1) is 6.92 Å². The van der Waals surface area contributed by atoms with Crippen molar-refractivity contribution in [2.75, 3.05) is 13.6 Å². The van der Waals surface area contributed by atoms with Gasteiger partial charge in [-0.1, -0.05) is 54.1 Å². The van der Waals surface area contributed by atoms with Crippen molar-refractivity contribution in [2.45, 2.75) is 13.5 Å². The Labute approximate surface area is 185 Å². The highest BCUT2D eigenvalue weighted by Gasteiger charge is 2.17. The highest BCUT2D eigenvalue weighted by molar-refractivity contribution is 5.98.